The van der Waals surface area contributed by atoms with Crippen molar-refractivity contribution in [2.75, 3.05) is 25.5 Å². The predicted molar refractivity (Wildman–Crippen MR) is 125 cm³/mol. The fraction of sp³-hybridized carbons (Fsp3) is 0.292. The van der Waals surface area contributed by atoms with Crippen LogP contribution in [0.15, 0.2) is 53.9 Å². The third kappa shape index (κ3) is 6.15. The molecule has 7 heteroatoms. The van der Waals surface area contributed by atoms with Gasteiger partial charge in [0.15, 0.2) is 0 Å². The molecule has 0 saturated heterocycles. The number of rotatable bonds is 9. The number of ether oxygens (including phenoxy) is 1. The number of benzene rings is 2. The molecular weight excluding hydrogens is 410 g/mol. The Morgan fingerprint density at radius 3 is 2.58 bits per heavy atom. The molecule has 3 aromatic rings. The maximum absolute atomic E-state index is 12.8. The van der Waals surface area contributed by atoms with Gasteiger partial charge in [0.05, 0.1) is 25.8 Å². The van der Waals surface area contributed by atoms with Crippen molar-refractivity contribution >= 4 is 28.8 Å². The molecule has 0 spiro atoms. The lowest BCUT2D eigenvalue weighted by Crippen LogP contribution is -2.38. The zero-order valence-electron chi connectivity index (χ0n) is 18.1. The van der Waals surface area contributed by atoms with Gasteiger partial charge in [-0.2, -0.15) is 0 Å². The van der Waals surface area contributed by atoms with Crippen molar-refractivity contribution in [3.8, 4) is 16.3 Å². The molecule has 6 nitrogen and oxygen atoms in total. The van der Waals surface area contributed by atoms with E-state index in [0.29, 0.717) is 18.0 Å². The van der Waals surface area contributed by atoms with Crippen LogP contribution in [0.3, 0.4) is 0 Å². The van der Waals surface area contributed by atoms with Gasteiger partial charge in [-0.1, -0.05) is 37.3 Å². The monoisotopic (exact) mass is 437 g/mol. The number of nitrogens with zero attached hydrogens (tertiary/aromatic N) is 2. The van der Waals surface area contributed by atoms with Crippen LogP contribution in [0.5, 0.6) is 5.75 Å². The Bertz CT molecular complexity index is 1030. The minimum atomic E-state index is -0.251. The summed E-state index contributed by atoms with van der Waals surface area (Å²) in [5.74, 6) is 0.282. The minimum Gasteiger partial charge on any atom is -0.497 e. The number of carbonyl (C=O) groups excluding carboxylic acids is 2. The maximum atomic E-state index is 12.8. The quantitative estimate of drug-likeness (QED) is 0.538. The molecule has 2 amide bonds. The lowest BCUT2D eigenvalue weighted by Gasteiger charge is -2.20. The predicted octanol–water partition coefficient (Wildman–Crippen LogP) is 4.41. The number of amides is 2. The molecule has 2 aromatic carbocycles. The van der Waals surface area contributed by atoms with E-state index in [1.807, 2.05) is 12.3 Å². The number of thiazole rings is 1. The normalized spacial score (nSPS) is 10.5. The van der Waals surface area contributed by atoms with Crippen LogP contribution in [0.2, 0.25) is 0 Å². The Morgan fingerprint density at radius 1 is 1.13 bits per heavy atom. The summed E-state index contributed by atoms with van der Waals surface area (Å²) in [6.07, 6.45) is 1.17. The highest BCUT2D eigenvalue weighted by Crippen LogP contribution is 2.24. The number of aryl methyl sites for hydroxylation is 1. The summed E-state index contributed by atoms with van der Waals surface area (Å²) in [4.78, 5) is 31.3. The summed E-state index contributed by atoms with van der Waals surface area (Å²) >= 11 is 1.52. The van der Waals surface area contributed by atoms with E-state index >= 15 is 0 Å². The lowest BCUT2D eigenvalue weighted by molar-refractivity contribution is -0.133. The van der Waals surface area contributed by atoms with Crippen LogP contribution in [-0.4, -0.2) is 41.9 Å². The Morgan fingerprint density at radius 2 is 1.90 bits per heavy atom. The van der Waals surface area contributed by atoms with Gasteiger partial charge in [0.25, 0.3) is 0 Å². The molecule has 3 rings (SSSR count). The fourth-order valence-electron chi connectivity index (χ4n) is 3.12. The third-order valence-corrected chi connectivity index (χ3v) is 5.86. The van der Waals surface area contributed by atoms with Crippen molar-refractivity contribution < 1.29 is 14.3 Å². The van der Waals surface area contributed by atoms with Crippen LogP contribution >= 0.6 is 11.3 Å². The number of likely N-dealkylation sites (N-methyl/N-ethyl adjacent to an activating group) is 1. The summed E-state index contributed by atoms with van der Waals surface area (Å²) in [6.45, 7) is 4.42. The molecule has 0 atom stereocenters. The van der Waals surface area contributed by atoms with E-state index in [1.54, 1.807) is 31.4 Å². The Kier molecular flexibility index (Phi) is 7.78. The SMILES string of the molecule is CCc1ccc(-c2nc(CC(=O)N(CC)CC(=O)Nc3cccc(OC)c3)cs2)cc1. The Balaban J connectivity index is 1.59. The van der Waals surface area contributed by atoms with E-state index in [4.69, 9.17) is 4.74 Å². The number of aromatic nitrogens is 1. The van der Waals surface area contributed by atoms with Crippen LogP contribution in [0.25, 0.3) is 10.6 Å². The highest BCUT2D eigenvalue weighted by atomic mass is 32.1. The summed E-state index contributed by atoms with van der Waals surface area (Å²) in [6, 6.07) is 15.4. The Hall–Kier alpha value is -3.19. The molecule has 0 unspecified atom stereocenters. The van der Waals surface area contributed by atoms with Gasteiger partial charge in [-0.05, 0) is 31.0 Å². The zero-order chi connectivity index (χ0) is 22.2. The number of carbonyl (C=O) groups is 2. The topological polar surface area (TPSA) is 71.5 Å². The van der Waals surface area contributed by atoms with Crippen LogP contribution in [0.4, 0.5) is 5.69 Å². The number of methoxy groups -OCH3 is 1. The molecule has 1 aromatic heterocycles. The Labute approximate surface area is 186 Å². The first kappa shape index (κ1) is 22.5. The van der Waals surface area contributed by atoms with Crippen LogP contribution in [-0.2, 0) is 22.4 Å². The summed E-state index contributed by atoms with van der Waals surface area (Å²) in [5, 5.41) is 5.61. The van der Waals surface area contributed by atoms with E-state index in [2.05, 4.69) is 41.5 Å². The van der Waals surface area contributed by atoms with Gasteiger partial charge < -0.3 is 15.0 Å². The second-order valence-corrected chi connectivity index (χ2v) is 7.92. The van der Waals surface area contributed by atoms with Gasteiger partial charge in [0.2, 0.25) is 11.8 Å². The largest absolute Gasteiger partial charge is 0.497 e. The second kappa shape index (κ2) is 10.7. The minimum absolute atomic E-state index is 0.0119. The molecular formula is C24H27N3O3S. The average molecular weight is 438 g/mol. The van der Waals surface area contributed by atoms with Crippen LogP contribution < -0.4 is 10.1 Å². The molecule has 1 heterocycles. The fourth-order valence-corrected chi connectivity index (χ4v) is 3.95. The molecule has 0 saturated carbocycles. The van der Waals surface area contributed by atoms with Gasteiger partial charge in [0, 0.05) is 29.2 Å². The highest BCUT2D eigenvalue weighted by Gasteiger charge is 2.18. The molecule has 0 aliphatic carbocycles. The van der Waals surface area contributed by atoms with Crippen molar-refractivity contribution in [1.82, 2.24) is 9.88 Å². The van der Waals surface area contributed by atoms with Crippen molar-refractivity contribution in [2.24, 2.45) is 0 Å². The first-order valence-electron chi connectivity index (χ1n) is 10.3. The van der Waals surface area contributed by atoms with Gasteiger partial charge in [0.1, 0.15) is 10.8 Å². The highest BCUT2D eigenvalue weighted by molar-refractivity contribution is 7.13. The van der Waals surface area contributed by atoms with Gasteiger partial charge in [-0.15, -0.1) is 11.3 Å². The van der Waals surface area contributed by atoms with Gasteiger partial charge >= 0.3 is 0 Å². The molecule has 0 bridgehead atoms. The van der Waals surface area contributed by atoms with E-state index in [1.165, 1.54) is 21.8 Å². The van der Waals surface area contributed by atoms with Crippen LogP contribution in [0.1, 0.15) is 25.1 Å². The molecule has 0 radical (unpaired) electrons. The summed E-state index contributed by atoms with van der Waals surface area (Å²) < 4.78 is 5.17. The summed E-state index contributed by atoms with van der Waals surface area (Å²) in [5.41, 5.74) is 3.68. The summed E-state index contributed by atoms with van der Waals surface area (Å²) in [7, 11) is 1.57. The van der Waals surface area contributed by atoms with E-state index in [-0.39, 0.29) is 24.8 Å². The molecule has 162 valence electrons. The molecule has 31 heavy (non-hydrogen) atoms. The lowest BCUT2D eigenvalue weighted by atomic mass is 10.1. The first-order chi connectivity index (χ1) is 15.0. The first-order valence-corrected chi connectivity index (χ1v) is 11.2. The standard InChI is InChI=1S/C24H27N3O3S/c1-4-17-9-11-18(12-10-17)24-26-20(16-31-24)14-23(29)27(5-2)15-22(28)25-19-7-6-8-21(13-19)30-3/h6-13,16H,4-5,14-15H2,1-3H3,(H,25,28). The van der Waals surface area contributed by atoms with Gasteiger partial charge in [-0.25, -0.2) is 4.98 Å². The van der Waals surface area contributed by atoms with Crippen molar-refractivity contribution in [2.45, 2.75) is 26.7 Å². The van der Waals surface area contributed by atoms with Crippen molar-refractivity contribution in [3.63, 3.8) is 0 Å². The molecule has 1 N–H and O–H groups in total. The number of hydrogen-bond donors (Lipinski definition) is 1. The molecule has 0 fully saturated rings. The third-order valence-electron chi connectivity index (χ3n) is 4.92. The van der Waals surface area contributed by atoms with E-state index in [9.17, 15) is 9.59 Å². The number of nitrogens with one attached hydrogen (secondary N) is 1. The smallest absolute Gasteiger partial charge is 0.243 e. The average Bonchev–Trinajstić information content (AvgIpc) is 3.26. The molecule has 0 aliphatic rings. The second-order valence-electron chi connectivity index (χ2n) is 7.06. The van der Waals surface area contributed by atoms with Crippen LogP contribution in [0, 0.1) is 0 Å². The van der Waals surface area contributed by atoms with Crippen molar-refractivity contribution in [3.05, 3.63) is 65.2 Å². The van der Waals surface area contributed by atoms with Crippen molar-refractivity contribution in [1.29, 1.82) is 0 Å². The number of anilines is 1. The molecule has 0 aliphatic heterocycles. The zero-order valence-corrected chi connectivity index (χ0v) is 18.9. The van der Waals surface area contributed by atoms with Gasteiger partial charge in [-0.3, -0.25) is 9.59 Å². The van der Waals surface area contributed by atoms with E-state index in [0.717, 1.165) is 22.7 Å². The maximum Gasteiger partial charge on any atom is 0.243 e. The van der Waals surface area contributed by atoms with E-state index < -0.39 is 0 Å². The number of hydrogen-bond acceptors (Lipinski definition) is 5.